The van der Waals surface area contributed by atoms with Gasteiger partial charge in [-0.3, -0.25) is 4.79 Å². The molecule has 3 N–H and O–H groups in total. The van der Waals surface area contributed by atoms with Crippen molar-refractivity contribution in [2.75, 3.05) is 5.32 Å². The minimum atomic E-state index is -0.661. The third kappa shape index (κ3) is 3.03. The summed E-state index contributed by atoms with van der Waals surface area (Å²) in [5, 5.41) is 4.94. The Balaban J connectivity index is 2.04. The average Bonchev–Trinajstić information content (AvgIpc) is 2.84. The van der Waals surface area contributed by atoms with Gasteiger partial charge in [-0.05, 0) is 23.6 Å². The highest BCUT2D eigenvalue weighted by molar-refractivity contribution is 7.10. The predicted octanol–water partition coefficient (Wildman–Crippen LogP) is 2.43. The fraction of sp³-hybridized carbons (Fsp3) is 0.0909. The Labute approximate surface area is 107 Å². The summed E-state index contributed by atoms with van der Waals surface area (Å²) < 4.78 is 0. The van der Waals surface area contributed by atoms with Gasteiger partial charge in [0.25, 0.3) is 0 Å². The molecule has 1 amide bonds. The Morgan fingerprint density at radius 2 is 2.29 bits per heavy atom. The highest BCUT2D eigenvalue weighted by Gasteiger charge is 2.16. The highest BCUT2D eigenvalue weighted by Crippen LogP contribution is 2.18. The molecule has 1 unspecified atom stereocenters. The van der Waals surface area contributed by atoms with Crippen LogP contribution in [0.4, 0.5) is 5.69 Å². The summed E-state index contributed by atoms with van der Waals surface area (Å²) in [5.41, 5.74) is 6.39. The molecule has 6 heteroatoms. The Morgan fingerprint density at radius 1 is 1.47 bits per heavy atom. The van der Waals surface area contributed by atoms with Gasteiger partial charge >= 0.3 is 0 Å². The minimum Gasteiger partial charge on any atom is -0.323 e. The molecule has 2 aromatic heterocycles. The number of carbonyl (C=O) groups is 1. The number of nitrogens with zero attached hydrogens (tertiary/aromatic N) is 1. The lowest BCUT2D eigenvalue weighted by Gasteiger charge is -2.10. The van der Waals surface area contributed by atoms with Gasteiger partial charge in [-0.1, -0.05) is 17.7 Å². The van der Waals surface area contributed by atoms with E-state index < -0.39 is 6.04 Å². The van der Waals surface area contributed by atoms with Crippen molar-refractivity contribution in [3.05, 3.63) is 45.9 Å². The van der Waals surface area contributed by atoms with Crippen LogP contribution in [0.15, 0.2) is 35.8 Å². The van der Waals surface area contributed by atoms with Gasteiger partial charge in [0, 0.05) is 4.88 Å². The van der Waals surface area contributed by atoms with Crippen LogP contribution in [-0.2, 0) is 4.79 Å². The van der Waals surface area contributed by atoms with Crippen LogP contribution in [0.1, 0.15) is 10.9 Å². The standard InChI is InChI=1S/C11H10ClN3OS/c12-9-4-3-7(6-14-9)15-11(16)10(13)8-2-1-5-17-8/h1-6,10H,13H2,(H,15,16). The van der Waals surface area contributed by atoms with E-state index >= 15 is 0 Å². The molecule has 1 atom stereocenters. The first-order chi connectivity index (χ1) is 8.16. The lowest BCUT2D eigenvalue weighted by molar-refractivity contribution is -0.117. The van der Waals surface area contributed by atoms with Crippen molar-refractivity contribution in [2.24, 2.45) is 5.73 Å². The maximum absolute atomic E-state index is 11.8. The molecule has 4 nitrogen and oxygen atoms in total. The van der Waals surface area contributed by atoms with Crippen LogP contribution >= 0.6 is 22.9 Å². The van der Waals surface area contributed by atoms with E-state index in [1.807, 2.05) is 17.5 Å². The third-order valence-electron chi connectivity index (χ3n) is 2.13. The first-order valence-electron chi connectivity index (χ1n) is 4.88. The van der Waals surface area contributed by atoms with E-state index in [1.165, 1.54) is 17.5 Å². The minimum absolute atomic E-state index is 0.267. The monoisotopic (exact) mass is 267 g/mol. The lowest BCUT2D eigenvalue weighted by Crippen LogP contribution is -2.26. The second-order valence-electron chi connectivity index (χ2n) is 3.35. The summed E-state index contributed by atoms with van der Waals surface area (Å²) in [6, 6.07) is 6.31. The number of rotatable bonds is 3. The van der Waals surface area contributed by atoms with E-state index in [9.17, 15) is 4.79 Å². The smallest absolute Gasteiger partial charge is 0.246 e. The van der Waals surface area contributed by atoms with Gasteiger partial charge in [-0.15, -0.1) is 11.3 Å². The molecule has 0 radical (unpaired) electrons. The summed E-state index contributed by atoms with van der Waals surface area (Å²) in [5.74, 6) is -0.267. The van der Waals surface area contributed by atoms with E-state index in [4.69, 9.17) is 17.3 Å². The van der Waals surface area contributed by atoms with Crippen LogP contribution in [0, 0.1) is 0 Å². The van der Waals surface area contributed by atoms with Crippen molar-refractivity contribution in [2.45, 2.75) is 6.04 Å². The number of aromatic nitrogens is 1. The second kappa shape index (κ2) is 5.27. The Hall–Kier alpha value is -1.43. The van der Waals surface area contributed by atoms with Gasteiger partial charge < -0.3 is 11.1 Å². The molecule has 2 rings (SSSR count). The number of nitrogens with one attached hydrogen (secondary N) is 1. The molecule has 0 saturated carbocycles. The summed E-state index contributed by atoms with van der Waals surface area (Å²) in [4.78, 5) is 16.5. The molecule has 17 heavy (non-hydrogen) atoms. The van der Waals surface area contributed by atoms with Crippen LogP contribution in [0.3, 0.4) is 0 Å². The van der Waals surface area contributed by atoms with Gasteiger partial charge in [-0.2, -0.15) is 0 Å². The van der Waals surface area contributed by atoms with Crippen LogP contribution in [0.2, 0.25) is 5.15 Å². The average molecular weight is 268 g/mol. The highest BCUT2D eigenvalue weighted by atomic mass is 35.5. The zero-order chi connectivity index (χ0) is 12.3. The molecule has 0 spiro atoms. The lowest BCUT2D eigenvalue weighted by atomic mass is 10.2. The molecule has 0 aliphatic rings. The Bertz CT molecular complexity index is 498. The molecular formula is C11H10ClN3OS. The fourth-order valence-corrected chi connectivity index (χ4v) is 2.10. The van der Waals surface area contributed by atoms with Gasteiger partial charge in [0.1, 0.15) is 11.2 Å². The SMILES string of the molecule is NC(C(=O)Nc1ccc(Cl)nc1)c1cccs1. The molecule has 0 saturated heterocycles. The van der Waals surface area contributed by atoms with Crippen molar-refractivity contribution in [1.29, 1.82) is 0 Å². The molecule has 2 aromatic rings. The number of hydrogen-bond acceptors (Lipinski definition) is 4. The van der Waals surface area contributed by atoms with E-state index in [0.717, 1.165) is 4.88 Å². The van der Waals surface area contributed by atoms with Crippen molar-refractivity contribution in [3.8, 4) is 0 Å². The van der Waals surface area contributed by atoms with Gasteiger partial charge in [0.15, 0.2) is 0 Å². The van der Waals surface area contributed by atoms with Crippen LogP contribution in [0.25, 0.3) is 0 Å². The number of hydrogen-bond donors (Lipinski definition) is 2. The second-order valence-corrected chi connectivity index (χ2v) is 4.72. The van der Waals surface area contributed by atoms with E-state index in [2.05, 4.69) is 10.3 Å². The fourth-order valence-electron chi connectivity index (χ4n) is 1.27. The number of pyridine rings is 1. The van der Waals surface area contributed by atoms with E-state index in [-0.39, 0.29) is 5.91 Å². The summed E-state index contributed by atoms with van der Waals surface area (Å²) in [6.07, 6.45) is 1.49. The van der Waals surface area contributed by atoms with Crippen molar-refractivity contribution in [1.82, 2.24) is 4.98 Å². The number of halogens is 1. The van der Waals surface area contributed by atoms with Crippen molar-refractivity contribution >= 4 is 34.5 Å². The van der Waals surface area contributed by atoms with E-state index in [1.54, 1.807) is 12.1 Å². The quantitative estimate of drug-likeness (QED) is 0.840. The maximum Gasteiger partial charge on any atom is 0.246 e. The molecule has 0 bridgehead atoms. The molecule has 0 aliphatic heterocycles. The Morgan fingerprint density at radius 3 is 2.88 bits per heavy atom. The summed E-state index contributed by atoms with van der Waals surface area (Å²) >= 11 is 7.09. The van der Waals surface area contributed by atoms with Gasteiger partial charge in [-0.25, -0.2) is 4.98 Å². The number of thiophene rings is 1. The van der Waals surface area contributed by atoms with Crippen LogP contribution in [-0.4, -0.2) is 10.9 Å². The Kier molecular flexibility index (Phi) is 3.73. The molecular weight excluding hydrogens is 258 g/mol. The molecule has 0 fully saturated rings. The molecule has 0 aliphatic carbocycles. The van der Waals surface area contributed by atoms with Crippen LogP contribution in [0.5, 0.6) is 0 Å². The van der Waals surface area contributed by atoms with Gasteiger partial charge in [0.05, 0.1) is 11.9 Å². The van der Waals surface area contributed by atoms with Crippen molar-refractivity contribution < 1.29 is 4.79 Å². The number of amides is 1. The summed E-state index contributed by atoms with van der Waals surface area (Å²) in [7, 11) is 0. The molecule has 0 aromatic carbocycles. The first kappa shape index (κ1) is 12.0. The molecule has 2 heterocycles. The van der Waals surface area contributed by atoms with E-state index in [0.29, 0.717) is 10.8 Å². The largest absolute Gasteiger partial charge is 0.323 e. The third-order valence-corrected chi connectivity index (χ3v) is 3.31. The number of anilines is 1. The topological polar surface area (TPSA) is 68.0 Å². The maximum atomic E-state index is 11.8. The number of nitrogens with two attached hydrogens (primary N) is 1. The molecule has 88 valence electrons. The zero-order valence-electron chi connectivity index (χ0n) is 8.76. The normalized spacial score (nSPS) is 12.1. The summed E-state index contributed by atoms with van der Waals surface area (Å²) in [6.45, 7) is 0. The zero-order valence-corrected chi connectivity index (χ0v) is 10.3. The predicted molar refractivity (Wildman–Crippen MR) is 69.1 cm³/mol. The van der Waals surface area contributed by atoms with Crippen LogP contribution < -0.4 is 11.1 Å². The number of carbonyl (C=O) groups excluding carboxylic acids is 1. The van der Waals surface area contributed by atoms with Gasteiger partial charge in [0.2, 0.25) is 5.91 Å². The first-order valence-corrected chi connectivity index (χ1v) is 6.14. The van der Waals surface area contributed by atoms with Crippen molar-refractivity contribution in [3.63, 3.8) is 0 Å².